The number of ether oxygens (including phenoxy) is 1. The van der Waals surface area contributed by atoms with E-state index >= 15 is 0 Å². The SMILES string of the molecule is Cl/C=C\COc1ccc2ccccc2c1Br. The molecule has 2 rings (SSSR count). The van der Waals surface area contributed by atoms with Gasteiger partial charge in [0.15, 0.2) is 0 Å². The zero-order valence-corrected chi connectivity index (χ0v) is 10.8. The molecule has 0 saturated carbocycles. The molecule has 0 atom stereocenters. The van der Waals surface area contributed by atoms with Crippen LogP contribution in [0.15, 0.2) is 52.5 Å². The van der Waals surface area contributed by atoms with E-state index in [4.69, 9.17) is 16.3 Å². The number of hydrogen-bond acceptors (Lipinski definition) is 1. The van der Waals surface area contributed by atoms with E-state index in [0.29, 0.717) is 6.61 Å². The zero-order valence-electron chi connectivity index (χ0n) is 8.49. The fourth-order valence-corrected chi connectivity index (χ4v) is 2.18. The molecule has 3 heteroatoms. The van der Waals surface area contributed by atoms with Gasteiger partial charge in [0.2, 0.25) is 0 Å². The van der Waals surface area contributed by atoms with Gasteiger partial charge in [0, 0.05) is 5.54 Å². The van der Waals surface area contributed by atoms with Crippen molar-refractivity contribution in [3.63, 3.8) is 0 Å². The highest BCUT2D eigenvalue weighted by Crippen LogP contribution is 2.32. The van der Waals surface area contributed by atoms with Gasteiger partial charge in [-0.05, 0) is 38.8 Å². The van der Waals surface area contributed by atoms with E-state index in [2.05, 4.69) is 28.1 Å². The van der Waals surface area contributed by atoms with Crippen molar-refractivity contribution in [3.05, 3.63) is 52.5 Å². The molecule has 0 aromatic heterocycles. The van der Waals surface area contributed by atoms with Gasteiger partial charge >= 0.3 is 0 Å². The van der Waals surface area contributed by atoms with E-state index in [0.717, 1.165) is 15.6 Å². The maximum Gasteiger partial charge on any atom is 0.134 e. The quantitative estimate of drug-likeness (QED) is 0.795. The molecular formula is C13H10BrClO. The Morgan fingerprint density at radius 3 is 2.81 bits per heavy atom. The van der Waals surface area contributed by atoms with Gasteiger partial charge in [-0.2, -0.15) is 0 Å². The van der Waals surface area contributed by atoms with Crippen LogP contribution >= 0.6 is 27.5 Å². The molecule has 82 valence electrons. The summed E-state index contributed by atoms with van der Waals surface area (Å²) < 4.78 is 6.55. The van der Waals surface area contributed by atoms with Crippen LogP contribution in [0.3, 0.4) is 0 Å². The van der Waals surface area contributed by atoms with E-state index in [1.54, 1.807) is 6.08 Å². The third-order valence-electron chi connectivity index (χ3n) is 2.25. The van der Waals surface area contributed by atoms with Gasteiger partial charge in [0.25, 0.3) is 0 Å². The first kappa shape index (κ1) is 11.5. The fourth-order valence-electron chi connectivity index (χ4n) is 1.50. The summed E-state index contributed by atoms with van der Waals surface area (Å²) in [6.45, 7) is 0.473. The zero-order chi connectivity index (χ0) is 11.4. The summed E-state index contributed by atoms with van der Waals surface area (Å²) in [5, 5.41) is 2.34. The molecule has 0 fully saturated rings. The molecule has 0 amide bonds. The first-order valence-electron chi connectivity index (χ1n) is 4.88. The second-order valence-electron chi connectivity index (χ2n) is 3.27. The Morgan fingerprint density at radius 1 is 1.19 bits per heavy atom. The summed E-state index contributed by atoms with van der Waals surface area (Å²) in [5.74, 6) is 0.827. The fraction of sp³-hybridized carbons (Fsp3) is 0.0769. The van der Waals surface area contributed by atoms with Crippen molar-refractivity contribution < 1.29 is 4.74 Å². The van der Waals surface area contributed by atoms with E-state index in [9.17, 15) is 0 Å². The summed E-state index contributed by atoms with van der Waals surface area (Å²) >= 11 is 8.98. The highest BCUT2D eigenvalue weighted by molar-refractivity contribution is 9.10. The first-order valence-corrected chi connectivity index (χ1v) is 6.11. The minimum Gasteiger partial charge on any atom is -0.488 e. The van der Waals surface area contributed by atoms with Gasteiger partial charge in [-0.3, -0.25) is 0 Å². The maximum atomic E-state index is 5.57. The molecule has 0 unspecified atom stereocenters. The molecule has 1 nitrogen and oxygen atoms in total. The molecule has 0 bridgehead atoms. The molecule has 0 aliphatic heterocycles. The molecule has 0 spiro atoms. The monoisotopic (exact) mass is 296 g/mol. The van der Waals surface area contributed by atoms with Gasteiger partial charge < -0.3 is 4.74 Å². The Labute approximate surface area is 108 Å². The second kappa shape index (κ2) is 5.37. The predicted molar refractivity (Wildman–Crippen MR) is 72.1 cm³/mol. The van der Waals surface area contributed by atoms with Crippen molar-refractivity contribution in [3.8, 4) is 5.75 Å². The highest BCUT2D eigenvalue weighted by Gasteiger charge is 2.04. The Hall–Kier alpha value is -0.990. The van der Waals surface area contributed by atoms with Crippen molar-refractivity contribution in [1.82, 2.24) is 0 Å². The van der Waals surface area contributed by atoms with Crippen LogP contribution in [0, 0.1) is 0 Å². The van der Waals surface area contributed by atoms with Crippen LogP contribution in [0.1, 0.15) is 0 Å². The van der Waals surface area contributed by atoms with E-state index in [1.807, 2.05) is 24.3 Å². The molecule has 0 heterocycles. The van der Waals surface area contributed by atoms with Crippen molar-refractivity contribution in [2.75, 3.05) is 6.61 Å². The van der Waals surface area contributed by atoms with E-state index in [-0.39, 0.29) is 0 Å². The average Bonchev–Trinajstić information content (AvgIpc) is 2.33. The average molecular weight is 298 g/mol. The third kappa shape index (κ3) is 2.39. The molecular weight excluding hydrogens is 287 g/mol. The van der Waals surface area contributed by atoms with Crippen LogP contribution in [0.4, 0.5) is 0 Å². The summed E-state index contributed by atoms with van der Waals surface area (Å²) in [4.78, 5) is 0. The lowest BCUT2D eigenvalue weighted by Crippen LogP contribution is -1.94. The van der Waals surface area contributed by atoms with Crippen LogP contribution in [0.2, 0.25) is 0 Å². The number of rotatable bonds is 3. The second-order valence-corrected chi connectivity index (χ2v) is 4.32. The van der Waals surface area contributed by atoms with Crippen LogP contribution in [-0.2, 0) is 0 Å². The molecule has 0 N–H and O–H groups in total. The molecule has 0 aliphatic carbocycles. The van der Waals surface area contributed by atoms with Crippen LogP contribution < -0.4 is 4.74 Å². The number of fused-ring (bicyclic) bond motifs is 1. The summed E-state index contributed by atoms with van der Waals surface area (Å²) in [6, 6.07) is 12.2. The Morgan fingerprint density at radius 2 is 2.00 bits per heavy atom. The Bertz CT molecular complexity index is 522. The van der Waals surface area contributed by atoms with E-state index in [1.165, 1.54) is 10.9 Å². The maximum absolute atomic E-state index is 5.57. The first-order chi connectivity index (χ1) is 7.83. The molecule has 2 aromatic rings. The van der Waals surface area contributed by atoms with Gasteiger partial charge in [-0.1, -0.05) is 41.9 Å². The van der Waals surface area contributed by atoms with Gasteiger partial charge in [-0.15, -0.1) is 0 Å². The summed E-state index contributed by atoms with van der Waals surface area (Å²) in [6.07, 6.45) is 1.75. The van der Waals surface area contributed by atoms with Gasteiger partial charge in [0.05, 0.1) is 4.47 Å². The lowest BCUT2D eigenvalue weighted by molar-refractivity contribution is 0.361. The smallest absolute Gasteiger partial charge is 0.134 e. The van der Waals surface area contributed by atoms with Crippen molar-refractivity contribution in [2.45, 2.75) is 0 Å². The van der Waals surface area contributed by atoms with Crippen LogP contribution in [0.25, 0.3) is 10.8 Å². The standard InChI is InChI=1S/C13H10BrClO/c14-13-11-5-2-1-4-10(11)6-7-12(13)16-9-3-8-15/h1-8H,9H2/b8-3-. The largest absolute Gasteiger partial charge is 0.488 e. The van der Waals surface area contributed by atoms with Crippen molar-refractivity contribution in [1.29, 1.82) is 0 Å². The van der Waals surface area contributed by atoms with Crippen LogP contribution in [-0.4, -0.2) is 6.61 Å². The topological polar surface area (TPSA) is 9.23 Å². The lowest BCUT2D eigenvalue weighted by Gasteiger charge is -2.08. The Kier molecular flexibility index (Phi) is 3.86. The van der Waals surface area contributed by atoms with Crippen molar-refractivity contribution >= 4 is 38.3 Å². The molecule has 0 radical (unpaired) electrons. The van der Waals surface area contributed by atoms with Gasteiger partial charge in [-0.25, -0.2) is 0 Å². The van der Waals surface area contributed by atoms with Gasteiger partial charge in [0.1, 0.15) is 12.4 Å². The molecule has 0 aliphatic rings. The molecule has 0 saturated heterocycles. The predicted octanol–water partition coefficient (Wildman–Crippen LogP) is 4.73. The Balaban J connectivity index is 2.36. The lowest BCUT2D eigenvalue weighted by atomic mass is 10.1. The minimum absolute atomic E-state index is 0.473. The van der Waals surface area contributed by atoms with Crippen LogP contribution in [0.5, 0.6) is 5.75 Å². The minimum atomic E-state index is 0.473. The number of halogens is 2. The van der Waals surface area contributed by atoms with Crippen molar-refractivity contribution in [2.24, 2.45) is 0 Å². The highest BCUT2D eigenvalue weighted by atomic mass is 79.9. The third-order valence-corrected chi connectivity index (χ3v) is 3.25. The number of hydrogen-bond donors (Lipinski definition) is 0. The normalized spacial score (nSPS) is 11.1. The summed E-state index contributed by atoms with van der Waals surface area (Å²) in [7, 11) is 0. The molecule has 16 heavy (non-hydrogen) atoms. The summed E-state index contributed by atoms with van der Waals surface area (Å²) in [5.41, 5.74) is 1.45. The molecule has 2 aromatic carbocycles. The number of benzene rings is 2. The van der Waals surface area contributed by atoms with E-state index < -0.39 is 0 Å².